The lowest BCUT2D eigenvalue weighted by atomic mass is 10.0. The molecule has 1 atom stereocenters. The van der Waals surface area contributed by atoms with Crippen LogP contribution in [0, 0.1) is 0 Å². The van der Waals surface area contributed by atoms with Crippen LogP contribution in [0.2, 0.25) is 10.0 Å². The molecule has 0 aliphatic carbocycles. The first-order valence-corrected chi connectivity index (χ1v) is 6.82. The van der Waals surface area contributed by atoms with E-state index in [9.17, 15) is 0 Å². The molecular formula is C13H17Cl2NO. The largest absolute Gasteiger partial charge is 0.493 e. The highest BCUT2D eigenvalue weighted by molar-refractivity contribution is 6.34. The summed E-state index contributed by atoms with van der Waals surface area (Å²) in [6.45, 7) is 1.84. The first-order valence-electron chi connectivity index (χ1n) is 6.06. The van der Waals surface area contributed by atoms with Crippen molar-refractivity contribution in [2.24, 2.45) is 0 Å². The smallest absolute Gasteiger partial charge is 0.122 e. The highest BCUT2D eigenvalue weighted by Gasteiger charge is 2.12. The van der Waals surface area contributed by atoms with Crippen molar-refractivity contribution in [3.05, 3.63) is 28.2 Å². The quantitative estimate of drug-likeness (QED) is 0.899. The van der Waals surface area contributed by atoms with Crippen LogP contribution in [0.15, 0.2) is 18.2 Å². The maximum absolute atomic E-state index is 5.90. The first-order chi connectivity index (χ1) is 8.24. The predicted octanol–water partition coefficient (Wildman–Crippen LogP) is 3.90. The summed E-state index contributed by atoms with van der Waals surface area (Å²) >= 11 is 11.8. The van der Waals surface area contributed by atoms with Gasteiger partial charge in [-0.25, -0.2) is 0 Å². The zero-order chi connectivity index (χ0) is 12.1. The lowest BCUT2D eigenvalue weighted by Crippen LogP contribution is -2.35. The zero-order valence-electron chi connectivity index (χ0n) is 9.72. The fourth-order valence-corrected chi connectivity index (χ4v) is 2.61. The summed E-state index contributed by atoms with van der Waals surface area (Å²) in [6, 6.07) is 5.89. The third kappa shape index (κ3) is 4.38. The van der Waals surface area contributed by atoms with Crippen molar-refractivity contribution in [2.75, 3.05) is 13.2 Å². The van der Waals surface area contributed by atoms with Gasteiger partial charge in [-0.3, -0.25) is 0 Å². The van der Waals surface area contributed by atoms with E-state index in [1.807, 2.05) is 0 Å². The van der Waals surface area contributed by atoms with Crippen molar-refractivity contribution >= 4 is 23.2 Å². The van der Waals surface area contributed by atoms with E-state index < -0.39 is 0 Å². The molecule has 2 nitrogen and oxygen atoms in total. The summed E-state index contributed by atoms with van der Waals surface area (Å²) in [4.78, 5) is 0. The van der Waals surface area contributed by atoms with Gasteiger partial charge in [0.2, 0.25) is 0 Å². The molecule has 1 aliphatic heterocycles. The number of hydrogen-bond acceptors (Lipinski definition) is 2. The molecule has 0 spiro atoms. The van der Waals surface area contributed by atoms with Gasteiger partial charge in [-0.05, 0) is 44.0 Å². The summed E-state index contributed by atoms with van der Waals surface area (Å²) in [5, 5.41) is 4.72. The van der Waals surface area contributed by atoms with Crippen LogP contribution < -0.4 is 10.1 Å². The van der Waals surface area contributed by atoms with E-state index in [-0.39, 0.29) is 0 Å². The number of benzene rings is 1. The number of hydrogen-bond donors (Lipinski definition) is 1. The van der Waals surface area contributed by atoms with Crippen LogP contribution in [-0.4, -0.2) is 19.2 Å². The topological polar surface area (TPSA) is 21.3 Å². The van der Waals surface area contributed by atoms with Gasteiger partial charge in [0.25, 0.3) is 0 Å². The molecule has 0 aromatic heterocycles. The van der Waals surface area contributed by atoms with Gasteiger partial charge >= 0.3 is 0 Å². The Morgan fingerprint density at radius 1 is 1.18 bits per heavy atom. The minimum absolute atomic E-state index is 0.596. The van der Waals surface area contributed by atoms with Crippen LogP contribution in [0.1, 0.15) is 25.7 Å². The van der Waals surface area contributed by atoms with Crippen molar-refractivity contribution in [3.63, 3.8) is 0 Å². The Bertz CT molecular complexity index is 344. The second kappa shape index (κ2) is 6.48. The molecule has 1 aromatic carbocycles. The third-order valence-electron chi connectivity index (χ3n) is 2.98. The van der Waals surface area contributed by atoms with Gasteiger partial charge < -0.3 is 10.1 Å². The van der Waals surface area contributed by atoms with Gasteiger partial charge in [0.05, 0.1) is 6.61 Å². The third-order valence-corrected chi connectivity index (χ3v) is 3.42. The van der Waals surface area contributed by atoms with E-state index in [1.165, 1.54) is 19.3 Å². The lowest BCUT2D eigenvalue weighted by Gasteiger charge is -2.23. The van der Waals surface area contributed by atoms with Gasteiger partial charge in [-0.15, -0.1) is 0 Å². The molecule has 2 rings (SSSR count). The monoisotopic (exact) mass is 273 g/mol. The van der Waals surface area contributed by atoms with E-state index in [4.69, 9.17) is 27.9 Å². The Balaban J connectivity index is 1.77. The second-order valence-electron chi connectivity index (χ2n) is 4.39. The maximum atomic E-state index is 5.90. The molecule has 1 aromatic rings. The van der Waals surface area contributed by atoms with Gasteiger partial charge in [-0.2, -0.15) is 0 Å². The van der Waals surface area contributed by atoms with Crippen molar-refractivity contribution < 1.29 is 4.74 Å². The summed E-state index contributed by atoms with van der Waals surface area (Å²) in [6.07, 6.45) is 4.89. The average molecular weight is 274 g/mol. The number of rotatable bonds is 4. The molecule has 0 saturated carbocycles. The Kier molecular flexibility index (Phi) is 4.96. The Labute approximate surface area is 112 Å². The molecule has 0 amide bonds. The van der Waals surface area contributed by atoms with Crippen LogP contribution in [0.3, 0.4) is 0 Å². The molecule has 0 radical (unpaired) electrons. The number of ether oxygens (including phenoxy) is 1. The minimum atomic E-state index is 0.596. The lowest BCUT2D eigenvalue weighted by molar-refractivity contribution is 0.268. The Morgan fingerprint density at radius 2 is 1.94 bits per heavy atom. The molecule has 94 valence electrons. The van der Waals surface area contributed by atoms with Crippen molar-refractivity contribution in [1.82, 2.24) is 5.32 Å². The molecule has 1 aliphatic rings. The van der Waals surface area contributed by atoms with Crippen LogP contribution in [0.25, 0.3) is 0 Å². The Morgan fingerprint density at radius 3 is 2.59 bits per heavy atom. The fraction of sp³-hybridized carbons (Fsp3) is 0.538. The number of piperidine rings is 1. The zero-order valence-corrected chi connectivity index (χ0v) is 11.2. The van der Waals surface area contributed by atoms with E-state index in [0.29, 0.717) is 22.7 Å². The van der Waals surface area contributed by atoms with Crippen molar-refractivity contribution in [3.8, 4) is 5.75 Å². The van der Waals surface area contributed by atoms with E-state index in [2.05, 4.69) is 5.32 Å². The number of halogens is 2. The first kappa shape index (κ1) is 13.0. The van der Waals surface area contributed by atoms with Gasteiger partial charge in [0.1, 0.15) is 5.75 Å². The Hall–Kier alpha value is -0.440. The van der Waals surface area contributed by atoms with Crippen molar-refractivity contribution in [1.29, 1.82) is 0 Å². The highest BCUT2D eigenvalue weighted by Crippen LogP contribution is 2.24. The molecule has 1 N–H and O–H groups in total. The molecule has 1 unspecified atom stereocenters. The van der Waals surface area contributed by atoms with Crippen LogP contribution in [-0.2, 0) is 0 Å². The molecule has 0 bridgehead atoms. The number of nitrogens with one attached hydrogen (secondary N) is 1. The summed E-state index contributed by atoms with van der Waals surface area (Å²) in [5.74, 6) is 0.748. The highest BCUT2D eigenvalue weighted by atomic mass is 35.5. The normalized spacial score (nSPS) is 20.2. The van der Waals surface area contributed by atoms with Gasteiger partial charge in [-0.1, -0.05) is 29.6 Å². The van der Waals surface area contributed by atoms with Gasteiger partial charge in [0, 0.05) is 16.1 Å². The maximum Gasteiger partial charge on any atom is 0.122 e. The predicted molar refractivity (Wildman–Crippen MR) is 72.2 cm³/mol. The van der Waals surface area contributed by atoms with E-state index in [0.717, 1.165) is 18.7 Å². The van der Waals surface area contributed by atoms with Crippen LogP contribution in [0.4, 0.5) is 0 Å². The molecule has 1 heterocycles. The fourth-order valence-electron chi connectivity index (χ4n) is 2.10. The van der Waals surface area contributed by atoms with E-state index in [1.54, 1.807) is 18.2 Å². The molecular weight excluding hydrogens is 257 g/mol. The molecule has 17 heavy (non-hydrogen) atoms. The standard InChI is InChI=1S/C13H17Cl2NO/c14-10-7-11(15)9-13(8-10)17-6-4-12-3-1-2-5-16-12/h7-9,12,16H,1-6H2. The average Bonchev–Trinajstić information content (AvgIpc) is 2.29. The minimum Gasteiger partial charge on any atom is -0.493 e. The van der Waals surface area contributed by atoms with Crippen LogP contribution >= 0.6 is 23.2 Å². The van der Waals surface area contributed by atoms with E-state index >= 15 is 0 Å². The molecule has 1 saturated heterocycles. The summed E-state index contributed by atoms with van der Waals surface area (Å²) in [7, 11) is 0. The van der Waals surface area contributed by atoms with Gasteiger partial charge in [0.15, 0.2) is 0 Å². The SMILES string of the molecule is Clc1cc(Cl)cc(OCCC2CCCCN2)c1. The second-order valence-corrected chi connectivity index (χ2v) is 5.26. The molecule has 1 fully saturated rings. The molecule has 4 heteroatoms. The summed E-state index contributed by atoms with van der Waals surface area (Å²) in [5.41, 5.74) is 0. The summed E-state index contributed by atoms with van der Waals surface area (Å²) < 4.78 is 5.66. The van der Waals surface area contributed by atoms with Crippen LogP contribution in [0.5, 0.6) is 5.75 Å². The van der Waals surface area contributed by atoms with Crippen molar-refractivity contribution in [2.45, 2.75) is 31.7 Å².